The van der Waals surface area contributed by atoms with Crippen molar-refractivity contribution in [3.8, 4) is 0 Å². The van der Waals surface area contributed by atoms with Crippen LogP contribution in [-0.4, -0.2) is 34.0 Å². The first-order chi connectivity index (χ1) is 6.76. The lowest BCUT2D eigenvalue weighted by molar-refractivity contribution is -0.122. The van der Waals surface area contributed by atoms with Crippen molar-refractivity contribution in [1.29, 1.82) is 0 Å². The third kappa shape index (κ3) is 1.62. The van der Waals surface area contributed by atoms with E-state index >= 15 is 0 Å². The van der Waals surface area contributed by atoms with E-state index in [1.165, 1.54) is 4.90 Å². The second kappa shape index (κ2) is 3.51. The molecule has 0 aliphatic carbocycles. The summed E-state index contributed by atoms with van der Waals surface area (Å²) in [5.41, 5.74) is -1.23. The molecule has 1 rings (SSSR count). The van der Waals surface area contributed by atoms with Crippen LogP contribution in [0.4, 0.5) is 4.79 Å². The first-order valence-corrected chi connectivity index (χ1v) is 5.25. The Morgan fingerprint density at radius 3 is 2.33 bits per heavy atom. The predicted octanol–water partition coefficient (Wildman–Crippen LogP) is 2.13. The summed E-state index contributed by atoms with van der Waals surface area (Å²) in [7, 11) is 0. The molecule has 0 aromatic heterocycles. The van der Waals surface area contributed by atoms with E-state index in [9.17, 15) is 14.7 Å². The van der Waals surface area contributed by atoms with Gasteiger partial charge < -0.3 is 9.90 Å². The van der Waals surface area contributed by atoms with Crippen molar-refractivity contribution in [3.63, 3.8) is 0 Å². The van der Waals surface area contributed by atoms with E-state index < -0.39 is 11.6 Å². The number of hydrogen-bond acceptors (Lipinski definition) is 2. The Balaban J connectivity index is 3.20. The number of carboxylic acid groups (broad SMARTS) is 1. The zero-order chi connectivity index (χ0) is 11.9. The van der Waals surface area contributed by atoms with Crippen LogP contribution in [0.15, 0.2) is 0 Å². The third-order valence-electron chi connectivity index (χ3n) is 3.51. The van der Waals surface area contributed by atoms with Gasteiger partial charge in [0.05, 0.1) is 0 Å². The topological polar surface area (TPSA) is 57.6 Å². The summed E-state index contributed by atoms with van der Waals surface area (Å²) in [6.07, 6.45) is 1.18. The van der Waals surface area contributed by atoms with Gasteiger partial charge in [-0.25, -0.2) is 4.79 Å². The quantitative estimate of drug-likeness (QED) is 0.679. The second-order valence-corrected chi connectivity index (χ2v) is 5.33. The van der Waals surface area contributed by atoms with E-state index in [0.29, 0.717) is 6.42 Å². The average Bonchev–Trinajstić information content (AvgIpc) is 2.42. The highest BCUT2D eigenvalue weighted by molar-refractivity contribution is 5.77. The van der Waals surface area contributed by atoms with Gasteiger partial charge in [-0.3, -0.25) is 4.90 Å². The van der Waals surface area contributed by atoms with E-state index in [2.05, 4.69) is 0 Å². The summed E-state index contributed by atoms with van der Waals surface area (Å²) in [4.78, 5) is 23.9. The molecule has 2 atom stereocenters. The summed E-state index contributed by atoms with van der Waals surface area (Å²) in [5.74, 6) is 0. The molecule has 1 saturated heterocycles. The molecule has 1 heterocycles. The van der Waals surface area contributed by atoms with E-state index in [1.807, 2.05) is 27.7 Å². The maximum absolute atomic E-state index is 11.3. The molecular weight excluding hydrogens is 194 g/mol. The molecule has 0 aromatic rings. The number of nitrogens with zero attached hydrogens (tertiary/aromatic N) is 1. The molecular formula is C11H19NO3. The van der Waals surface area contributed by atoms with Crippen LogP contribution in [0, 0.1) is 5.41 Å². The van der Waals surface area contributed by atoms with Gasteiger partial charge in [0.2, 0.25) is 0 Å². The van der Waals surface area contributed by atoms with Crippen molar-refractivity contribution in [3.05, 3.63) is 0 Å². The van der Waals surface area contributed by atoms with Crippen LogP contribution in [0.5, 0.6) is 0 Å². The van der Waals surface area contributed by atoms with Gasteiger partial charge in [-0.05, 0) is 25.2 Å². The fourth-order valence-electron chi connectivity index (χ4n) is 2.46. The van der Waals surface area contributed by atoms with Crippen molar-refractivity contribution in [1.82, 2.24) is 4.90 Å². The molecule has 0 bridgehead atoms. The van der Waals surface area contributed by atoms with E-state index in [0.717, 1.165) is 12.7 Å². The minimum Gasteiger partial charge on any atom is -0.465 e. The Morgan fingerprint density at radius 1 is 1.53 bits per heavy atom. The zero-order valence-corrected chi connectivity index (χ0v) is 9.78. The van der Waals surface area contributed by atoms with Crippen LogP contribution in [0.3, 0.4) is 0 Å². The fraction of sp³-hybridized carbons (Fsp3) is 0.818. The normalized spacial score (nSPS) is 31.7. The van der Waals surface area contributed by atoms with Gasteiger partial charge >= 0.3 is 6.09 Å². The molecule has 1 aliphatic heterocycles. The molecule has 0 saturated carbocycles. The predicted molar refractivity (Wildman–Crippen MR) is 56.8 cm³/mol. The number of carbonyl (C=O) groups excluding carboxylic acids is 1. The molecule has 0 aromatic carbocycles. The smallest absolute Gasteiger partial charge is 0.408 e. The average molecular weight is 213 g/mol. The number of carbonyl (C=O) groups is 2. The molecule has 15 heavy (non-hydrogen) atoms. The van der Waals surface area contributed by atoms with Gasteiger partial charge in [0, 0.05) is 6.04 Å². The van der Waals surface area contributed by atoms with Crippen molar-refractivity contribution >= 4 is 12.4 Å². The van der Waals surface area contributed by atoms with Crippen LogP contribution < -0.4 is 0 Å². The molecule has 1 amide bonds. The van der Waals surface area contributed by atoms with Gasteiger partial charge in [0.25, 0.3) is 0 Å². The zero-order valence-electron chi connectivity index (χ0n) is 9.78. The van der Waals surface area contributed by atoms with Gasteiger partial charge in [0.15, 0.2) is 0 Å². The van der Waals surface area contributed by atoms with E-state index in [-0.39, 0.29) is 11.5 Å². The SMILES string of the molecule is C[C@@H]1CC[C@](C=O)(C(C)(C)C)N1C(=O)O. The summed E-state index contributed by atoms with van der Waals surface area (Å²) in [6, 6.07) is -0.0769. The molecule has 4 heteroatoms. The molecule has 1 aliphatic rings. The first kappa shape index (κ1) is 12.0. The van der Waals surface area contributed by atoms with Crippen LogP contribution in [-0.2, 0) is 4.79 Å². The van der Waals surface area contributed by atoms with Gasteiger partial charge in [-0.15, -0.1) is 0 Å². The molecule has 0 unspecified atom stereocenters. The number of aldehydes is 1. The Labute approximate surface area is 90.3 Å². The first-order valence-electron chi connectivity index (χ1n) is 5.25. The lowest BCUT2D eigenvalue weighted by atomic mass is 9.73. The highest BCUT2D eigenvalue weighted by Gasteiger charge is 2.54. The number of amides is 1. The Morgan fingerprint density at radius 2 is 2.07 bits per heavy atom. The second-order valence-electron chi connectivity index (χ2n) is 5.33. The minimum atomic E-state index is -0.998. The monoisotopic (exact) mass is 213 g/mol. The Hall–Kier alpha value is -1.06. The molecule has 0 radical (unpaired) electrons. The maximum atomic E-state index is 11.3. The largest absolute Gasteiger partial charge is 0.465 e. The summed E-state index contributed by atoms with van der Waals surface area (Å²) in [6.45, 7) is 7.59. The lowest BCUT2D eigenvalue weighted by Crippen LogP contribution is -2.58. The van der Waals surface area contributed by atoms with Crippen LogP contribution in [0.2, 0.25) is 0 Å². The molecule has 1 N–H and O–H groups in total. The van der Waals surface area contributed by atoms with Crippen LogP contribution >= 0.6 is 0 Å². The maximum Gasteiger partial charge on any atom is 0.408 e. The standard InChI is InChI=1S/C11H19NO3/c1-8-5-6-11(7-13,10(2,3)4)12(8)9(14)15/h7-8H,5-6H2,1-4H3,(H,14,15)/t8-,11+/m1/s1. The van der Waals surface area contributed by atoms with Gasteiger partial charge in [-0.1, -0.05) is 20.8 Å². The van der Waals surface area contributed by atoms with E-state index in [1.54, 1.807) is 0 Å². The summed E-state index contributed by atoms with van der Waals surface area (Å²) >= 11 is 0. The van der Waals surface area contributed by atoms with Crippen molar-refractivity contribution in [2.75, 3.05) is 0 Å². The number of hydrogen-bond donors (Lipinski definition) is 1. The van der Waals surface area contributed by atoms with Crippen LogP contribution in [0.25, 0.3) is 0 Å². The van der Waals surface area contributed by atoms with Crippen molar-refractivity contribution in [2.45, 2.75) is 52.1 Å². The highest BCUT2D eigenvalue weighted by Crippen LogP contribution is 2.44. The summed E-state index contributed by atoms with van der Waals surface area (Å²) < 4.78 is 0. The molecule has 86 valence electrons. The number of likely N-dealkylation sites (tertiary alicyclic amines) is 1. The lowest BCUT2D eigenvalue weighted by Gasteiger charge is -2.43. The highest BCUT2D eigenvalue weighted by atomic mass is 16.4. The van der Waals surface area contributed by atoms with Gasteiger partial charge in [-0.2, -0.15) is 0 Å². The van der Waals surface area contributed by atoms with Crippen LogP contribution in [0.1, 0.15) is 40.5 Å². The van der Waals surface area contributed by atoms with E-state index in [4.69, 9.17) is 0 Å². The van der Waals surface area contributed by atoms with Crippen molar-refractivity contribution in [2.24, 2.45) is 5.41 Å². The third-order valence-corrected chi connectivity index (χ3v) is 3.51. The van der Waals surface area contributed by atoms with Crippen molar-refractivity contribution < 1.29 is 14.7 Å². The Bertz CT molecular complexity index is 282. The fourth-order valence-corrected chi connectivity index (χ4v) is 2.46. The number of rotatable bonds is 1. The Kier molecular flexibility index (Phi) is 2.81. The van der Waals surface area contributed by atoms with Gasteiger partial charge in [0.1, 0.15) is 11.8 Å². The molecule has 1 fully saturated rings. The molecule has 0 spiro atoms. The minimum absolute atomic E-state index is 0.0769. The molecule has 4 nitrogen and oxygen atoms in total. The summed E-state index contributed by atoms with van der Waals surface area (Å²) in [5, 5.41) is 9.18.